The van der Waals surface area contributed by atoms with Crippen LogP contribution in [0.2, 0.25) is 0 Å². The highest BCUT2D eigenvalue weighted by Crippen LogP contribution is 2.18. The minimum atomic E-state index is -0.178. The van der Waals surface area contributed by atoms with Crippen molar-refractivity contribution in [3.05, 3.63) is 47.2 Å². The largest absolute Gasteiger partial charge is 0.387 e. The van der Waals surface area contributed by atoms with E-state index in [1.54, 1.807) is 12.1 Å². The van der Waals surface area contributed by atoms with Crippen LogP contribution < -0.4 is 5.32 Å². The lowest BCUT2D eigenvalue weighted by Crippen LogP contribution is -2.17. The van der Waals surface area contributed by atoms with E-state index in [2.05, 4.69) is 11.4 Å². The van der Waals surface area contributed by atoms with Gasteiger partial charge in [-0.05, 0) is 19.3 Å². The molecule has 18 heavy (non-hydrogen) atoms. The van der Waals surface area contributed by atoms with E-state index in [4.69, 9.17) is 0 Å². The van der Waals surface area contributed by atoms with Gasteiger partial charge < -0.3 is 5.32 Å². The number of Topliss-reactive ketones (excluding diaryl/α,β-unsaturated/α-hetero) is 1. The van der Waals surface area contributed by atoms with Crippen LogP contribution in [0.3, 0.4) is 0 Å². The Morgan fingerprint density at radius 2 is 1.94 bits per heavy atom. The Morgan fingerprint density at radius 3 is 2.67 bits per heavy atom. The van der Waals surface area contributed by atoms with Crippen molar-refractivity contribution in [1.29, 1.82) is 5.26 Å². The van der Waals surface area contributed by atoms with E-state index in [0.717, 1.165) is 37.9 Å². The van der Waals surface area contributed by atoms with Crippen molar-refractivity contribution in [1.82, 2.24) is 5.32 Å². The smallest absolute Gasteiger partial charge is 0.205 e. The second-order valence-corrected chi connectivity index (χ2v) is 4.40. The van der Waals surface area contributed by atoms with Crippen molar-refractivity contribution in [2.75, 3.05) is 6.54 Å². The number of allylic oxidation sites excluding steroid dienone is 2. The molecule has 2 rings (SSSR count). The van der Waals surface area contributed by atoms with E-state index in [1.807, 2.05) is 18.2 Å². The SMILES string of the molecule is N#CC(C(=O)c1ccccc1)=C1CCCCCN1. The summed E-state index contributed by atoms with van der Waals surface area (Å²) in [7, 11) is 0. The molecule has 0 amide bonds. The van der Waals surface area contributed by atoms with E-state index in [1.165, 1.54) is 0 Å². The molecule has 1 saturated heterocycles. The topological polar surface area (TPSA) is 52.9 Å². The molecule has 1 fully saturated rings. The summed E-state index contributed by atoms with van der Waals surface area (Å²) in [5, 5.41) is 12.5. The molecule has 0 aliphatic carbocycles. The summed E-state index contributed by atoms with van der Waals surface area (Å²) in [5.41, 5.74) is 1.65. The van der Waals surface area contributed by atoms with Crippen molar-refractivity contribution >= 4 is 5.78 Å². The average Bonchev–Trinajstić information content (AvgIpc) is 2.70. The fourth-order valence-corrected chi connectivity index (χ4v) is 2.13. The third kappa shape index (κ3) is 2.78. The zero-order valence-electron chi connectivity index (χ0n) is 10.3. The number of rotatable bonds is 2. The molecule has 3 heteroatoms. The van der Waals surface area contributed by atoms with Crippen molar-refractivity contribution in [2.45, 2.75) is 25.7 Å². The summed E-state index contributed by atoms with van der Waals surface area (Å²) < 4.78 is 0. The summed E-state index contributed by atoms with van der Waals surface area (Å²) >= 11 is 0. The van der Waals surface area contributed by atoms with Crippen LogP contribution in [0, 0.1) is 11.3 Å². The molecule has 1 aromatic rings. The van der Waals surface area contributed by atoms with Gasteiger partial charge in [-0.25, -0.2) is 0 Å². The highest BCUT2D eigenvalue weighted by molar-refractivity contribution is 6.11. The van der Waals surface area contributed by atoms with E-state index >= 15 is 0 Å². The zero-order chi connectivity index (χ0) is 12.8. The summed E-state index contributed by atoms with van der Waals surface area (Å²) in [6, 6.07) is 11.0. The van der Waals surface area contributed by atoms with Gasteiger partial charge in [-0.3, -0.25) is 4.79 Å². The van der Waals surface area contributed by atoms with Crippen LogP contribution in [0.1, 0.15) is 36.0 Å². The molecule has 0 aromatic heterocycles. The number of carbonyl (C=O) groups excluding carboxylic acids is 1. The van der Waals surface area contributed by atoms with Gasteiger partial charge in [-0.1, -0.05) is 36.8 Å². The Balaban J connectivity index is 2.31. The minimum Gasteiger partial charge on any atom is -0.387 e. The maximum atomic E-state index is 12.3. The number of ketones is 1. The monoisotopic (exact) mass is 240 g/mol. The Labute approximate surface area is 107 Å². The van der Waals surface area contributed by atoms with Gasteiger partial charge in [0.15, 0.2) is 0 Å². The fraction of sp³-hybridized carbons (Fsp3) is 0.333. The molecule has 3 nitrogen and oxygen atoms in total. The third-order valence-corrected chi connectivity index (χ3v) is 3.12. The first-order valence-corrected chi connectivity index (χ1v) is 6.30. The molecular formula is C15H16N2O. The van der Waals surface area contributed by atoms with Gasteiger partial charge in [0.05, 0.1) is 0 Å². The zero-order valence-corrected chi connectivity index (χ0v) is 10.3. The molecule has 0 atom stereocenters. The highest BCUT2D eigenvalue weighted by Gasteiger charge is 2.17. The third-order valence-electron chi connectivity index (χ3n) is 3.12. The highest BCUT2D eigenvalue weighted by atomic mass is 16.1. The molecule has 0 saturated carbocycles. The van der Waals surface area contributed by atoms with Crippen LogP contribution in [-0.2, 0) is 0 Å². The van der Waals surface area contributed by atoms with Crippen LogP contribution in [0.15, 0.2) is 41.6 Å². The van der Waals surface area contributed by atoms with E-state index in [9.17, 15) is 10.1 Å². The number of nitrogens with zero attached hydrogens (tertiary/aromatic N) is 1. The first-order chi connectivity index (χ1) is 8.83. The lowest BCUT2D eigenvalue weighted by molar-refractivity contribution is 0.103. The predicted octanol–water partition coefficient (Wildman–Crippen LogP) is 2.81. The molecule has 1 aliphatic heterocycles. The Morgan fingerprint density at radius 1 is 1.17 bits per heavy atom. The molecule has 1 aromatic carbocycles. The van der Waals surface area contributed by atoms with Crippen molar-refractivity contribution in [3.8, 4) is 6.07 Å². The lowest BCUT2D eigenvalue weighted by Gasteiger charge is -2.09. The Kier molecular flexibility index (Phi) is 4.14. The summed E-state index contributed by atoms with van der Waals surface area (Å²) in [6.45, 7) is 0.850. The number of hydrogen-bond acceptors (Lipinski definition) is 3. The Hall–Kier alpha value is -2.08. The van der Waals surface area contributed by atoms with Crippen molar-refractivity contribution in [2.24, 2.45) is 0 Å². The maximum absolute atomic E-state index is 12.3. The van der Waals surface area contributed by atoms with Crippen LogP contribution in [0.25, 0.3) is 0 Å². The molecule has 1 aliphatic rings. The van der Waals surface area contributed by atoms with Gasteiger partial charge >= 0.3 is 0 Å². The normalized spacial score (nSPS) is 18.2. The molecule has 0 unspecified atom stereocenters. The first kappa shape index (κ1) is 12.4. The van der Waals surface area contributed by atoms with Gasteiger partial charge in [0.2, 0.25) is 5.78 Å². The molecular weight excluding hydrogens is 224 g/mol. The summed E-state index contributed by atoms with van der Waals surface area (Å²) in [4.78, 5) is 12.3. The first-order valence-electron chi connectivity index (χ1n) is 6.30. The number of carbonyl (C=O) groups is 1. The quantitative estimate of drug-likeness (QED) is 0.491. The molecule has 92 valence electrons. The van der Waals surface area contributed by atoms with Crippen LogP contribution in [0.5, 0.6) is 0 Å². The number of benzene rings is 1. The van der Waals surface area contributed by atoms with E-state index in [-0.39, 0.29) is 11.4 Å². The van der Waals surface area contributed by atoms with Gasteiger partial charge in [-0.15, -0.1) is 0 Å². The molecule has 0 spiro atoms. The van der Waals surface area contributed by atoms with Crippen LogP contribution in [0.4, 0.5) is 0 Å². The maximum Gasteiger partial charge on any atom is 0.205 e. The summed E-state index contributed by atoms with van der Waals surface area (Å²) in [6.07, 6.45) is 4.08. The van der Waals surface area contributed by atoms with Crippen molar-refractivity contribution < 1.29 is 4.79 Å². The molecule has 0 bridgehead atoms. The standard InChI is InChI=1S/C15H16N2O/c16-11-13(14-9-5-2-6-10-17-14)15(18)12-7-3-1-4-8-12/h1,3-4,7-8,17H,2,5-6,9-10H2. The molecule has 1 heterocycles. The second-order valence-electron chi connectivity index (χ2n) is 4.40. The Bertz CT molecular complexity index is 487. The average molecular weight is 240 g/mol. The fourth-order valence-electron chi connectivity index (χ4n) is 2.13. The summed E-state index contributed by atoms with van der Waals surface area (Å²) in [5.74, 6) is -0.178. The van der Waals surface area contributed by atoms with Gasteiger partial charge in [-0.2, -0.15) is 5.26 Å². The van der Waals surface area contributed by atoms with Gasteiger partial charge in [0.25, 0.3) is 0 Å². The second kappa shape index (κ2) is 6.02. The number of nitriles is 1. The van der Waals surface area contributed by atoms with Crippen LogP contribution >= 0.6 is 0 Å². The number of hydrogen-bond donors (Lipinski definition) is 1. The van der Waals surface area contributed by atoms with Gasteiger partial charge in [0.1, 0.15) is 11.6 Å². The van der Waals surface area contributed by atoms with Crippen LogP contribution in [-0.4, -0.2) is 12.3 Å². The molecule has 1 N–H and O–H groups in total. The predicted molar refractivity (Wildman–Crippen MR) is 69.9 cm³/mol. The van der Waals surface area contributed by atoms with Crippen molar-refractivity contribution in [3.63, 3.8) is 0 Å². The minimum absolute atomic E-state index is 0.178. The lowest BCUT2D eigenvalue weighted by atomic mass is 10.0. The van der Waals surface area contributed by atoms with E-state index in [0.29, 0.717) is 5.56 Å². The number of nitrogens with one attached hydrogen (secondary N) is 1. The van der Waals surface area contributed by atoms with E-state index < -0.39 is 0 Å². The molecule has 0 radical (unpaired) electrons. The van der Waals surface area contributed by atoms with Gasteiger partial charge in [0, 0.05) is 17.8 Å².